The van der Waals surface area contributed by atoms with Crippen LogP contribution >= 0.6 is 0 Å². The van der Waals surface area contributed by atoms with Gasteiger partial charge in [-0.05, 0) is 18.9 Å². The summed E-state index contributed by atoms with van der Waals surface area (Å²) >= 11 is 0. The van der Waals surface area contributed by atoms with Gasteiger partial charge in [0.2, 0.25) is 0 Å². The summed E-state index contributed by atoms with van der Waals surface area (Å²) in [6.07, 6.45) is 0.996. The van der Waals surface area contributed by atoms with Crippen molar-refractivity contribution >= 4 is 44.4 Å². The van der Waals surface area contributed by atoms with Crippen LogP contribution in [0.5, 0.6) is 0 Å². The minimum atomic E-state index is -2.63. The van der Waals surface area contributed by atoms with Crippen LogP contribution in [0.15, 0.2) is 0 Å². The van der Waals surface area contributed by atoms with Gasteiger partial charge in [0.25, 0.3) is 0 Å². The third-order valence-corrected chi connectivity index (χ3v) is 24.8. The first-order chi connectivity index (χ1) is 14.4. The van der Waals surface area contributed by atoms with Gasteiger partial charge in [-0.1, -0.05) is 67.0 Å². The highest BCUT2D eigenvalue weighted by Gasteiger charge is 2.62. The fourth-order valence-corrected chi connectivity index (χ4v) is 28.8. The molecular weight excluding hydrogens is 489 g/mol. The third-order valence-electron chi connectivity index (χ3n) is 7.06. The monoisotopic (exact) mass is 542 g/mol. The van der Waals surface area contributed by atoms with Crippen molar-refractivity contribution < 1.29 is 22.1 Å². The summed E-state index contributed by atoms with van der Waals surface area (Å²) in [4.78, 5) is 0. The van der Waals surface area contributed by atoms with Gasteiger partial charge >= 0.3 is 17.5 Å². The molecule has 0 bridgehead atoms. The van der Waals surface area contributed by atoms with Crippen LogP contribution in [0.1, 0.15) is 34.1 Å². The van der Waals surface area contributed by atoms with Crippen molar-refractivity contribution in [3.8, 4) is 0 Å². The van der Waals surface area contributed by atoms with E-state index in [-0.39, 0.29) is 10.7 Å². The fraction of sp³-hybridized carbons (Fsp3) is 1.00. The zero-order valence-electron chi connectivity index (χ0n) is 24.0. The first-order valence-electron chi connectivity index (χ1n) is 11.7. The lowest BCUT2D eigenvalue weighted by Gasteiger charge is -2.51. The summed E-state index contributed by atoms with van der Waals surface area (Å²) in [5.74, 6) is 0.663. The molecule has 1 rings (SSSR count). The molecule has 0 aromatic rings. The zero-order chi connectivity index (χ0) is 25.8. The van der Waals surface area contributed by atoms with E-state index >= 15 is 0 Å². The van der Waals surface area contributed by atoms with E-state index in [0.717, 1.165) is 23.4 Å². The van der Waals surface area contributed by atoms with Gasteiger partial charge < -0.3 is 30.6 Å². The molecule has 0 amide bonds. The molecule has 0 spiro atoms. The standard InChI is InChI=1S/C12H33NO3Si3.C8H21NO2Si2/c1-11-12(19(14-2,15-3)16-4)13(17(5,6)7)18(8,9)10;1-7-6-9(12)13(10-4,11-5)8(7,2)3/h12H,11H2,1-10H3;7H,6H2,1-5,12H3. The third kappa shape index (κ3) is 6.52. The fourth-order valence-electron chi connectivity index (χ4n) is 5.67. The van der Waals surface area contributed by atoms with Crippen LogP contribution in [0, 0.1) is 5.92 Å². The molecule has 1 fully saturated rings. The van der Waals surface area contributed by atoms with Crippen molar-refractivity contribution in [1.82, 2.24) is 8.46 Å². The summed E-state index contributed by atoms with van der Waals surface area (Å²) < 4.78 is 33.9. The SMILES string of the molecule is CCC(N([Si](C)(C)C)[Si](C)(C)C)[Si](OC)(OC)OC.CO[Si]1(OC)N([SiH3])CC(C)C1(C)C. The number of rotatable bonds is 10. The van der Waals surface area contributed by atoms with E-state index in [9.17, 15) is 0 Å². The number of nitrogens with zero attached hydrogens (tertiary/aromatic N) is 2. The summed E-state index contributed by atoms with van der Waals surface area (Å²) in [7, 11) is 2.10. The van der Waals surface area contributed by atoms with Gasteiger partial charge in [-0.3, -0.25) is 0 Å². The Morgan fingerprint density at radius 1 is 0.938 bits per heavy atom. The molecule has 0 aliphatic carbocycles. The number of hydrogen-bond donors (Lipinski definition) is 0. The van der Waals surface area contributed by atoms with Crippen LogP contribution in [-0.2, 0) is 22.1 Å². The highest BCUT2D eigenvalue weighted by atomic mass is 28.4. The van der Waals surface area contributed by atoms with Crippen LogP contribution in [-0.4, -0.2) is 101 Å². The summed E-state index contributed by atoms with van der Waals surface area (Å²) in [6, 6.07) is 0. The average molecular weight is 543 g/mol. The van der Waals surface area contributed by atoms with Crippen LogP contribution in [0.2, 0.25) is 44.3 Å². The van der Waals surface area contributed by atoms with E-state index < -0.39 is 34.0 Å². The van der Waals surface area contributed by atoms with Gasteiger partial charge in [-0.15, -0.1) is 0 Å². The molecule has 1 saturated heterocycles. The minimum Gasteiger partial charge on any atom is -0.386 e. The number of hydrogen-bond acceptors (Lipinski definition) is 7. The van der Waals surface area contributed by atoms with E-state index in [1.165, 1.54) is 0 Å². The maximum Gasteiger partial charge on any atom is 0.516 e. The lowest BCUT2D eigenvalue weighted by Crippen LogP contribution is -2.72. The van der Waals surface area contributed by atoms with Gasteiger partial charge in [0.1, 0.15) is 16.5 Å². The molecule has 0 aromatic carbocycles. The molecule has 7 nitrogen and oxygen atoms in total. The molecular formula is C20H54N2O5Si5. The van der Waals surface area contributed by atoms with E-state index in [1.807, 2.05) is 0 Å². The molecule has 0 N–H and O–H groups in total. The second kappa shape index (κ2) is 12.2. The van der Waals surface area contributed by atoms with Gasteiger partial charge in [0.05, 0.1) is 16.1 Å². The predicted molar refractivity (Wildman–Crippen MR) is 149 cm³/mol. The van der Waals surface area contributed by atoms with Gasteiger partial charge in [-0.2, -0.15) is 0 Å². The Kier molecular flexibility index (Phi) is 12.5. The first kappa shape index (κ1) is 32.8. The normalized spacial score (nSPS) is 22.7. The molecule has 12 heteroatoms. The van der Waals surface area contributed by atoms with Gasteiger partial charge in [0.15, 0.2) is 0 Å². The van der Waals surface area contributed by atoms with Crippen molar-refractivity contribution in [3.63, 3.8) is 0 Å². The minimum absolute atomic E-state index is 0.193. The Hall–Kier alpha value is 0.804. The smallest absolute Gasteiger partial charge is 0.386 e. The second-order valence-electron chi connectivity index (χ2n) is 11.3. The van der Waals surface area contributed by atoms with Crippen molar-refractivity contribution in [2.24, 2.45) is 5.92 Å². The molecule has 1 aliphatic heterocycles. The largest absolute Gasteiger partial charge is 0.516 e. The Bertz CT molecular complexity index is 541. The molecule has 1 aliphatic rings. The first-order valence-corrected chi connectivity index (χ1v) is 23.0. The molecule has 32 heavy (non-hydrogen) atoms. The Morgan fingerprint density at radius 2 is 1.31 bits per heavy atom. The molecule has 0 aromatic heterocycles. The lowest BCUT2D eigenvalue weighted by atomic mass is 9.97. The maximum atomic E-state index is 5.76. The summed E-state index contributed by atoms with van der Waals surface area (Å²) in [6.45, 7) is 24.6. The second-order valence-corrected chi connectivity index (χ2v) is 30.5. The zero-order valence-corrected chi connectivity index (χ0v) is 30.0. The highest BCUT2D eigenvalue weighted by Crippen LogP contribution is 2.51. The molecule has 2 unspecified atom stereocenters. The average Bonchev–Trinajstić information content (AvgIpc) is 2.85. The van der Waals surface area contributed by atoms with Crippen molar-refractivity contribution in [2.75, 3.05) is 42.1 Å². The van der Waals surface area contributed by atoms with E-state index in [1.54, 1.807) is 35.5 Å². The highest BCUT2D eigenvalue weighted by molar-refractivity contribution is 6.91. The Labute approximate surface area is 206 Å². The van der Waals surface area contributed by atoms with Crippen LogP contribution in [0.25, 0.3) is 0 Å². The molecule has 0 radical (unpaired) electrons. The van der Waals surface area contributed by atoms with Gasteiger partial charge in [-0.25, -0.2) is 0 Å². The molecule has 1 heterocycles. The molecule has 0 saturated carbocycles. The lowest BCUT2D eigenvalue weighted by molar-refractivity contribution is 0.0995. The predicted octanol–water partition coefficient (Wildman–Crippen LogP) is 3.38. The topological polar surface area (TPSA) is 52.6 Å². The maximum absolute atomic E-state index is 5.76. The summed E-state index contributed by atoms with van der Waals surface area (Å²) in [5, 5.41) is 0.193. The van der Waals surface area contributed by atoms with Crippen molar-refractivity contribution in [1.29, 1.82) is 0 Å². The van der Waals surface area contributed by atoms with E-state index in [4.69, 9.17) is 22.1 Å². The molecule has 194 valence electrons. The van der Waals surface area contributed by atoms with Crippen LogP contribution in [0.3, 0.4) is 0 Å². The van der Waals surface area contributed by atoms with Crippen molar-refractivity contribution in [2.45, 2.75) is 84.1 Å². The van der Waals surface area contributed by atoms with Crippen LogP contribution in [0.4, 0.5) is 0 Å². The van der Waals surface area contributed by atoms with Crippen molar-refractivity contribution in [3.05, 3.63) is 0 Å². The quantitative estimate of drug-likeness (QED) is 0.392. The Morgan fingerprint density at radius 3 is 1.47 bits per heavy atom. The van der Waals surface area contributed by atoms with Crippen LogP contribution < -0.4 is 0 Å². The Balaban J connectivity index is 0.000000641. The summed E-state index contributed by atoms with van der Waals surface area (Å²) in [5.41, 5.74) is 0.255. The van der Waals surface area contributed by atoms with E-state index in [0.29, 0.717) is 5.92 Å². The van der Waals surface area contributed by atoms with E-state index in [2.05, 4.69) is 75.4 Å². The molecule has 2 atom stereocenters. The van der Waals surface area contributed by atoms with Gasteiger partial charge in [0, 0.05) is 40.6 Å².